The Bertz CT molecular complexity index is 1260. The predicted octanol–water partition coefficient (Wildman–Crippen LogP) is 9.92. The maximum absolute atomic E-state index is 13.7. The summed E-state index contributed by atoms with van der Waals surface area (Å²) < 4.78 is 34.0. The fraction of sp³-hybridized carbons (Fsp3) is 0.940. The summed E-state index contributed by atoms with van der Waals surface area (Å²) in [5.74, 6) is -2.40. The standard InChI is InChI=1S/C50H96NO14P/c1-4-7-10-13-16-19-20-23-25-27-30-33-40(53)36-44(55)51-47-49(48(65-66(59,60)61)43(39-52)63-50(47)58)64-46(57)38-42(35-32-29-26-22-18-15-12-9-6-3)62-45(56)37-41(54)34-31-28-24-21-17-14-11-8-5-2/h40-43,47-50,52-54,58H,4-39H2,1-3H3,(H,51,55)(H2,59,60,61)/t40-,41-,42-,43-,47-,48-,49-,50-/m1/s1. The van der Waals surface area contributed by atoms with Gasteiger partial charge < -0.3 is 49.7 Å². The van der Waals surface area contributed by atoms with Gasteiger partial charge in [0.1, 0.15) is 24.4 Å². The Labute approximate surface area is 398 Å². The minimum atomic E-state index is -5.32. The van der Waals surface area contributed by atoms with Crippen LogP contribution in [0.25, 0.3) is 0 Å². The van der Waals surface area contributed by atoms with Gasteiger partial charge in [-0.2, -0.15) is 0 Å². The van der Waals surface area contributed by atoms with Gasteiger partial charge in [0.15, 0.2) is 12.4 Å². The number of aliphatic hydroxyl groups excluding tert-OH is 4. The number of carbonyl (C=O) groups excluding carboxylic acids is 3. The van der Waals surface area contributed by atoms with E-state index in [9.17, 15) is 49.2 Å². The molecule has 0 saturated carbocycles. The van der Waals surface area contributed by atoms with Gasteiger partial charge in [0.2, 0.25) is 5.91 Å². The second-order valence-corrected chi connectivity index (χ2v) is 20.1. The molecule has 16 heteroatoms. The molecule has 1 heterocycles. The average Bonchev–Trinajstić information content (AvgIpc) is 3.25. The molecule has 66 heavy (non-hydrogen) atoms. The van der Waals surface area contributed by atoms with Crippen molar-refractivity contribution in [2.75, 3.05) is 6.61 Å². The highest BCUT2D eigenvalue weighted by Gasteiger charge is 2.51. The second kappa shape index (κ2) is 40.1. The summed E-state index contributed by atoms with van der Waals surface area (Å²) in [6, 6.07) is -1.62. The number of hydrogen-bond acceptors (Lipinski definition) is 12. The normalized spacial score (nSPS) is 20.2. The van der Waals surface area contributed by atoms with Gasteiger partial charge in [-0.15, -0.1) is 0 Å². The Morgan fingerprint density at radius 1 is 0.561 bits per heavy atom. The van der Waals surface area contributed by atoms with Crippen molar-refractivity contribution in [3.8, 4) is 0 Å². The first kappa shape index (κ1) is 62.3. The van der Waals surface area contributed by atoms with Crippen LogP contribution in [0.4, 0.5) is 0 Å². The lowest BCUT2D eigenvalue weighted by atomic mass is 9.96. The number of phosphoric acid groups is 1. The number of phosphoric ester groups is 1. The zero-order chi connectivity index (χ0) is 48.8. The molecule has 1 aliphatic heterocycles. The van der Waals surface area contributed by atoms with E-state index in [1.165, 1.54) is 103 Å². The number of hydrogen-bond donors (Lipinski definition) is 7. The lowest BCUT2D eigenvalue weighted by molar-refractivity contribution is -0.256. The number of unbranched alkanes of at least 4 members (excludes halogenated alkanes) is 26. The third-order valence-corrected chi connectivity index (χ3v) is 13.1. The summed E-state index contributed by atoms with van der Waals surface area (Å²) in [5, 5.41) is 44.9. The van der Waals surface area contributed by atoms with Gasteiger partial charge >= 0.3 is 19.8 Å². The van der Waals surface area contributed by atoms with Crippen LogP contribution >= 0.6 is 7.82 Å². The molecule has 0 aromatic carbocycles. The van der Waals surface area contributed by atoms with E-state index in [1.54, 1.807) is 0 Å². The smallest absolute Gasteiger partial charge is 0.462 e. The molecule has 1 amide bonds. The molecule has 0 aliphatic carbocycles. The highest BCUT2D eigenvalue weighted by atomic mass is 31.2. The summed E-state index contributed by atoms with van der Waals surface area (Å²) in [5.41, 5.74) is 0. The van der Waals surface area contributed by atoms with Gasteiger partial charge in [-0.1, -0.05) is 201 Å². The van der Waals surface area contributed by atoms with E-state index >= 15 is 0 Å². The third-order valence-electron chi connectivity index (χ3n) is 12.6. The van der Waals surface area contributed by atoms with E-state index in [-0.39, 0.29) is 12.8 Å². The molecule has 0 spiro atoms. The molecule has 7 N–H and O–H groups in total. The highest BCUT2D eigenvalue weighted by Crippen LogP contribution is 2.42. The topological polar surface area (TPSA) is 239 Å². The molecule has 1 rings (SSSR count). The third kappa shape index (κ3) is 33.0. The quantitative estimate of drug-likeness (QED) is 0.0171. The van der Waals surface area contributed by atoms with Crippen molar-refractivity contribution >= 4 is 25.7 Å². The van der Waals surface area contributed by atoms with Crippen LogP contribution < -0.4 is 5.32 Å². The molecule has 0 unspecified atom stereocenters. The molecule has 1 saturated heterocycles. The van der Waals surface area contributed by atoms with Crippen molar-refractivity contribution < 1.29 is 67.9 Å². The van der Waals surface area contributed by atoms with E-state index < -0.39 is 87.7 Å². The number of rotatable bonds is 44. The molecule has 0 bridgehead atoms. The van der Waals surface area contributed by atoms with Crippen molar-refractivity contribution in [1.29, 1.82) is 0 Å². The van der Waals surface area contributed by atoms with Crippen molar-refractivity contribution in [3.05, 3.63) is 0 Å². The summed E-state index contributed by atoms with van der Waals surface area (Å²) >= 11 is 0. The number of nitrogens with one attached hydrogen (secondary N) is 1. The minimum Gasteiger partial charge on any atom is -0.462 e. The number of amides is 1. The average molecular weight is 966 g/mol. The van der Waals surface area contributed by atoms with Crippen molar-refractivity contribution in [1.82, 2.24) is 5.32 Å². The van der Waals surface area contributed by atoms with Crippen LogP contribution in [0.15, 0.2) is 0 Å². The SMILES string of the molecule is CCCCCCCCCCCCC[C@@H](O)CC(=O)N[C@@H]1[C@@H](OC(=O)C[C@@H](CCCCCCCCCCC)OC(=O)C[C@H](O)CCCCCCCCCCC)[C@H](OP(=O)(O)O)[C@@H](CO)O[C@H]1O. The first-order chi connectivity index (χ1) is 31.7. The van der Waals surface area contributed by atoms with Crippen LogP contribution in [0.2, 0.25) is 0 Å². The fourth-order valence-corrected chi connectivity index (χ4v) is 9.31. The molecule has 8 atom stereocenters. The highest BCUT2D eigenvalue weighted by molar-refractivity contribution is 7.46. The van der Waals surface area contributed by atoms with Gasteiger partial charge in [0, 0.05) is 0 Å². The fourth-order valence-electron chi connectivity index (χ4n) is 8.74. The zero-order valence-corrected chi connectivity index (χ0v) is 42.4. The summed E-state index contributed by atoms with van der Waals surface area (Å²) in [7, 11) is -5.32. The van der Waals surface area contributed by atoms with E-state index in [1.807, 2.05) is 0 Å². The van der Waals surface area contributed by atoms with Crippen molar-refractivity contribution in [2.45, 2.75) is 294 Å². The Morgan fingerprint density at radius 3 is 1.36 bits per heavy atom. The van der Waals surface area contributed by atoms with Crippen LogP contribution in [0.1, 0.15) is 245 Å². The van der Waals surface area contributed by atoms with Crippen LogP contribution in [-0.4, -0.2) is 104 Å². The first-order valence-electron chi connectivity index (χ1n) is 26.5. The maximum atomic E-state index is 13.7. The number of aliphatic hydroxyl groups is 4. The molecule has 0 aromatic rings. The second-order valence-electron chi connectivity index (χ2n) is 18.9. The summed E-state index contributed by atoms with van der Waals surface area (Å²) in [6.07, 6.45) is 22.0. The van der Waals surface area contributed by atoms with E-state index in [4.69, 9.17) is 18.7 Å². The Kier molecular flexibility index (Phi) is 37.9. The summed E-state index contributed by atoms with van der Waals surface area (Å²) in [4.78, 5) is 59.7. The van der Waals surface area contributed by atoms with Crippen molar-refractivity contribution in [2.24, 2.45) is 0 Å². The van der Waals surface area contributed by atoms with Gasteiger partial charge in [-0.05, 0) is 25.7 Å². The lowest BCUT2D eigenvalue weighted by Crippen LogP contribution is -2.65. The molecule has 1 aliphatic rings. The first-order valence-corrected chi connectivity index (χ1v) is 28.0. The molecule has 0 radical (unpaired) electrons. The number of carbonyl (C=O) groups is 3. The predicted molar refractivity (Wildman–Crippen MR) is 257 cm³/mol. The molecular weight excluding hydrogens is 870 g/mol. The van der Waals surface area contributed by atoms with E-state index in [0.29, 0.717) is 32.1 Å². The molecule has 15 nitrogen and oxygen atoms in total. The molecule has 0 aromatic heterocycles. The van der Waals surface area contributed by atoms with Crippen LogP contribution in [0, 0.1) is 0 Å². The maximum Gasteiger partial charge on any atom is 0.470 e. The van der Waals surface area contributed by atoms with Gasteiger partial charge in [-0.25, -0.2) is 4.57 Å². The van der Waals surface area contributed by atoms with E-state index in [2.05, 4.69) is 26.1 Å². The number of esters is 2. The van der Waals surface area contributed by atoms with Gasteiger partial charge in [-0.3, -0.25) is 18.9 Å². The minimum absolute atomic E-state index is 0.248. The Morgan fingerprint density at radius 2 is 0.955 bits per heavy atom. The van der Waals surface area contributed by atoms with Crippen LogP contribution in [-0.2, 0) is 37.7 Å². The molecule has 1 fully saturated rings. The Hall–Kier alpha value is -1.68. The van der Waals surface area contributed by atoms with Gasteiger partial charge in [0.25, 0.3) is 0 Å². The number of ether oxygens (including phenoxy) is 3. The Balaban J connectivity index is 2.95. The van der Waals surface area contributed by atoms with E-state index in [0.717, 1.165) is 70.6 Å². The van der Waals surface area contributed by atoms with Crippen LogP contribution in [0.5, 0.6) is 0 Å². The van der Waals surface area contributed by atoms with Gasteiger partial charge in [0.05, 0.1) is 38.1 Å². The molecule has 390 valence electrons. The largest absolute Gasteiger partial charge is 0.470 e. The van der Waals surface area contributed by atoms with Crippen LogP contribution in [0.3, 0.4) is 0 Å². The zero-order valence-electron chi connectivity index (χ0n) is 41.5. The lowest BCUT2D eigenvalue weighted by Gasteiger charge is -2.43. The monoisotopic (exact) mass is 966 g/mol. The summed E-state index contributed by atoms with van der Waals surface area (Å²) in [6.45, 7) is 5.68. The van der Waals surface area contributed by atoms with Crippen molar-refractivity contribution in [3.63, 3.8) is 0 Å². The molecular formula is C50H96NO14P.